The van der Waals surface area contributed by atoms with Gasteiger partial charge in [-0.15, -0.1) is 0 Å². The fourth-order valence-corrected chi connectivity index (χ4v) is 2.38. The smallest absolute Gasteiger partial charge is 0.312 e. The minimum absolute atomic E-state index is 0.181. The summed E-state index contributed by atoms with van der Waals surface area (Å²) in [5.41, 5.74) is 3.50. The molecule has 4 heteroatoms. The Labute approximate surface area is 119 Å². The monoisotopic (exact) mass is 276 g/mol. The van der Waals surface area contributed by atoms with Crippen molar-refractivity contribution in [2.75, 3.05) is 21.0 Å². The summed E-state index contributed by atoms with van der Waals surface area (Å²) in [6.45, 7) is 2.14. The van der Waals surface area contributed by atoms with E-state index in [0.717, 1.165) is 29.7 Å². The normalized spacial score (nSPS) is 15.1. The van der Waals surface area contributed by atoms with Crippen LogP contribution in [0, 0.1) is 5.92 Å². The number of benzene rings is 1. The van der Waals surface area contributed by atoms with Crippen LogP contribution in [0.5, 0.6) is 5.75 Å². The van der Waals surface area contributed by atoms with E-state index < -0.39 is 0 Å². The molecular weight excluding hydrogens is 256 g/mol. The van der Waals surface area contributed by atoms with E-state index in [0.29, 0.717) is 0 Å². The molecule has 1 aliphatic rings. The van der Waals surface area contributed by atoms with Crippen molar-refractivity contribution in [2.45, 2.75) is 19.8 Å². The number of carbonyl (C=O) groups is 1. The molecule has 20 heavy (non-hydrogen) atoms. The third kappa shape index (κ3) is 3.20. The first-order chi connectivity index (χ1) is 9.65. The van der Waals surface area contributed by atoms with Gasteiger partial charge in [0.25, 0.3) is 0 Å². The molecule has 1 aromatic rings. The second kappa shape index (κ2) is 6.57. The van der Waals surface area contributed by atoms with Crippen molar-refractivity contribution in [3.05, 3.63) is 34.9 Å². The number of carbonyl (C=O) groups excluding carboxylic acids is 1. The molecule has 0 aromatic heterocycles. The van der Waals surface area contributed by atoms with E-state index in [1.165, 1.54) is 12.7 Å². The molecule has 1 aliphatic carbocycles. The van der Waals surface area contributed by atoms with E-state index >= 15 is 0 Å². The third-order valence-electron chi connectivity index (χ3n) is 3.59. The number of aryl methyl sites for hydroxylation is 1. The lowest BCUT2D eigenvalue weighted by Gasteiger charge is -2.20. The Morgan fingerprint density at radius 3 is 2.80 bits per heavy atom. The van der Waals surface area contributed by atoms with Crippen LogP contribution in [0.15, 0.2) is 23.8 Å². The van der Waals surface area contributed by atoms with Crippen LogP contribution in [0.25, 0.3) is 6.08 Å². The highest BCUT2D eigenvalue weighted by molar-refractivity contribution is 5.78. The molecule has 0 bridgehead atoms. The molecule has 0 saturated heterocycles. The maximum absolute atomic E-state index is 11.6. The van der Waals surface area contributed by atoms with Crippen LogP contribution >= 0.6 is 0 Å². The minimum atomic E-state index is -0.183. The average molecular weight is 276 g/mol. The fourth-order valence-electron chi connectivity index (χ4n) is 2.38. The number of rotatable bonds is 5. The zero-order valence-corrected chi connectivity index (χ0v) is 12.1. The van der Waals surface area contributed by atoms with Gasteiger partial charge in [0.1, 0.15) is 5.75 Å². The van der Waals surface area contributed by atoms with Crippen LogP contribution in [0.4, 0.5) is 0 Å². The number of esters is 1. The maximum atomic E-state index is 11.6. The van der Waals surface area contributed by atoms with Gasteiger partial charge in [0.05, 0.1) is 13.0 Å². The second-order valence-electron chi connectivity index (χ2n) is 4.88. The Hall–Kier alpha value is -1.81. The summed E-state index contributed by atoms with van der Waals surface area (Å²) in [5, 5.41) is 0. The van der Waals surface area contributed by atoms with Gasteiger partial charge in [-0.05, 0) is 43.0 Å². The van der Waals surface area contributed by atoms with Gasteiger partial charge < -0.3 is 14.2 Å². The van der Waals surface area contributed by atoms with Crippen molar-refractivity contribution in [1.29, 1.82) is 0 Å². The van der Waals surface area contributed by atoms with Crippen LogP contribution in [0.2, 0.25) is 0 Å². The molecule has 1 unspecified atom stereocenters. The topological polar surface area (TPSA) is 44.8 Å². The van der Waals surface area contributed by atoms with Gasteiger partial charge in [-0.25, -0.2) is 0 Å². The second-order valence-corrected chi connectivity index (χ2v) is 4.88. The highest BCUT2D eigenvalue weighted by atomic mass is 16.7. The number of fused-ring (bicyclic) bond motifs is 1. The number of methoxy groups -OCH3 is 2. The van der Waals surface area contributed by atoms with E-state index in [1.807, 2.05) is 25.1 Å². The number of hydrogen-bond donors (Lipinski definition) is 0. The van der Waals surface area contributed by atoms with Gasteiger partial charge >= 0.3 is 5.97 Å². The zero-order valence-electron chi connectivity index (χ0n) is 12.1. The lowest BCUT2D eigenvalue weighted by Crippen LogP contribution is -2.17. The van der Waals surface area contributed by atoms with Gasteiger partial charge in [0, 0.05) is 7.11 Å². The number of ether oxygens (including phenoxy) is 3. The molecule has 0 N–H and O–H groups in total. The molecule has 108 valence electrons. The largest absolute Gasteiger partial charge is 0.469 e. The third-order valence-corrected chi connectivity index (χ3v) is 3.59. The van der Waals surface area contributed by atoms with Crippen molar-refractivity contribution in [3.8, 4) is 5.75 Å². The van der Waals surface area contributed by atoms with Gasteiger partial charge in [-0.1, -0.05) is 17.7 Å². The van der Waals surface area contributed by atoms with Crippen molar-refractivity contribution >= 4 is 12.0 Å². The SMILES string of the molecule is COCOc1ccc2c(c1)CCC(C(C)C(=O)OC)=C2. The predicted octanol–water partition coefficient (Wildman–Crippen LogP) is 2.81. The summed E-state index contributed by atoms with van der Waals surface area (Å²) in [4.78, 5) is 11.6. The maximum Gasteiger partial charge on any atom is 0.312 e. The highest BCUT2D eigenvalue weighted by Crippen LogP contribution is 2.31. The lowest BCUT2D eigenvalue weighted by molar-refractivity contribution is -0.143. The Bertz CT molecular complexity index is 519. The van der Waals surface area contributed by atoms with E-state index in [2.05, 4.69) is 6.08 Å². The first kappa shape index (κ1) is 14.6. The summed E-state index contributed by atoms with van der Waals surface area (Å²) in [5.74, 6) is 0.445. The number of hydrogen-bond acceptors (Lipinski definition) is 4. The van der Waals surface area contributed by atoms with Crippen LogP contribution in [0.3, 0.4) is 0 Å². The lowest BCUT2D eigenvalue weighted by atomic mass is 9.86. The summed E-state index contributed by atoms with van der Waals surface area (Å²) in [6, 6.07) is 5.97. The molecule has 4 nitrogen and oxygen atoms in total. The van der Waals surface area contributed by atoms with Gasteiger partial charge in [-0.3, -0.25) is 4.79 Å². The molecule has 0 radical (unpaired) electrons. The molecule has 1 atom stereocenters. The van der Waals surface area contributed by atoms with Crippen molar-refractivity contribution < 1.29 is 19.0 Å². The minimum Gasteiger partial charge on any atom is -0.469 e. The van der Waals surface area contributed by atoms with E-state index in [-0.39, 0.29) is 18.7 Å². The zero-order chi connectivity index (χ0) is 14.5. The Balaban J connectivity index is 2.17. The van der Waals surface area contributed by atoms with E-state index in [1.54, 1.807) is 7.11 Å². The fraction of sp³-hybridized carbons (Fsp3) is 0.438. The van der Waals surface area contributed by atoms with E-state index in [4.69, 9.17) is 14.2 Å². The molecule has 0 saturated carbocycles. The highest BCUT2D eigenvalue weighted by Gasteiger charge is 2.21. The first-order valence-electron chi connectivity index (χ1n) is 6.68. The molecule has 0 spiro atoms. The summed E-state index contributed by atoms with van der Waals surface area (Å²) in [7, 11) is 3.03. The van der Waals surface area contributed by atoms with Crippen LogP contribution in [-0.4, -0.2) is 27.0 Å². The first-order valence-corrected chi connectivity index (χ1v) is 6.68. The van der Waals surface area contributed by atoms with Crippen molar-refractivity contribution in [3.63, 3.8) is 0 Å². The Morgan fingerprint density at radius 2 is 2.10 bits per heavy atom. The Kier molecular flexibility index (Phi) is 4.79. The van der Waals surface area contributed by atoms with Gasteiger partial charge in [0.15, 0.2) is 6.79 Å². The van der Waals surface area contributed by atoms with E-state index in [9.17, 15) is 4.79 Å². The Morgan fingerprint density at radius 1 is 1.30 bits per heavy atom. The van der Waals surface area contributed by atoms with Crippen LogP contribution in [-0.2, 0) is 20.7 Å². The molecule has 2 rings (SSSR count). The average Bonchev–Trinajstić information content (AvgIpc) is 2.50. The summed E-state index contributed by atoms with van der Waals surface area (Å²) < 4.78 is 15.1. The molecular formula is C16H20O4. The molecule has 1 aromatic carbocycles. The molecule has 0 heterocycles. The predicted molar refractivity (Wildman–Crippen MR) is 76.4 cm³/mol. The van der Waals surface area contributed by atoms with Crippen LogP contribution < -0.4 is 4.74 Å². The van der Waals surface area contributed by atoms with Gasteiger partial charge in [0.2, 0.25) is 0 Å². The molecule has 0 fully saturated rings. The summed E-state index contributed by atoms with van der Waals surface area (Å²) >= 11 is 0. The quantitative estimate of drug-likeness (QED) is 0.613. The van der Waals surface area contributed by atoms with Crippen LogP contribution in [0.1, 0.15) is 24.5 Å². The summed E-state index contributed by atoms with van der Waals surface area (Å²) in [6.07, 6.45) is 3.87. The van der Waals surface area contributed by atoms with Crippen molar-refractivity contribution in [1.82, 2.24) is 0 Å². The van der Waals surface area contributed by atoms with Gasteiger partial charge in [-0.2, -0.15) is 0 Å². The standard InChI is InChI=1S/C16H20O4/c1-11(16(17)19-3)12-4-5-14-9-15(20-10-18-2)7-6-13(14)8-12/h6-9,11H,4-5,10H2,1-3H3. The van der Waals surface area contributed by atoms with Crippen molar-refractivity contribution in [2.24, 2.45) is 5.92 Å². The molecule has 0 amide bonds. The molecule has 0 aliphatic heterocycles.